The molecule has 5 nitrogen and oxygen atoms in total. The summed E-state index contributed by atoms with van der Waals surface area (Å²) in [4.78, 5) is 13.8. The number of nitrogens with zero attached hydrogens (tertiary/aromatic N) is 2. The Bertz CT molecular complexity index is 791. The summed E-state index contributed by atoms with van der Waals surface area (Å²) in [5.41, 5.74) is 0.512. The highest BCUT2D eigenvalue weighted by molar-refractivity contribution is 5.77. The third kappa shape index (κ3) is 1.46. The Kier molecular flexibility index (Phi) is 2.16. The Hall–Kier alpha value is -2.63. The van der Waals surface area contributed by atoms with Gasteiger partial charge in [-0.25, -0.2) is 4.39 Å². The van der Waals surface area contributed by atoms with Crippen LogP contribution < -0.4 is 5.56 Å². The van der Waals surface area contributed by atoms with Gasteiger partial charge in [0.05, 0.1) is 12.3 Å². The van der Waals surface area contributed by atoms with Crippen LogP contribution in [-0.4, -0.2) is 19.7 Å². The van der Waals surface area contributed by atoms with E-state index >= 15 is 0 Å². The standard InChI is InChI=1S/C12H8FN3O2/c13-9-4-2-1-3-7(9)8-6-14-16-11(18)5-10(17)15-12(8)16/h1-6,18H,(H,15,17). The SMILES string of the molecule is O=c1cc(O)n2ncc(-c3ccccc3F)c2[nH]1. The molecule has 3 aromatic rings. The Morgan fingerprint density at radius 1 is 1.28 bits per heavy atom. The number of aromatic hydroxyl groups is 1. The van der Waals surface area contributed by atoms with Crippen LogP contribution in [0, 0.1) is 5.82 Å². The third-order valence-corrected chi connectivity index (χ3v) is 2.65. The summed E-state index contributed by atoms with van der Waals surface area (Å²) in [6, 6.07) is 7.16. The predicted molar refractivity (Wildman–Crippen MR) is 62.9 cm³/mol. The van der Waals surface area contributed by atoms with E-state index in [0.717, 1.165) is 10.6 Å². The molecule has 2 heterocycles. The van der Waals surface area contributed by atoms with Gasteiger partial charge in [-0.15, -0.1) is 0 Å². The van der Waals surface area contributed by atoms with Gasteiger partial charge in [0.25, 0.3) is 5.56 Å². The number of aromatic nitrogens is 3. The van der Waals surface area contributed by atoms with Gasteiger partial charge in [-0.3, -0.25) is 4.79 Å². The van der Waals surface area contributed by atoms with Crippen molar-refractivity contribution < 1.29 is 9.50 Å². The van der Waals surface area contributed by atoms with Crippen molar-refractivity contribution in [3.05, 3.63) is 52.7 Å². The van der Waals surface area contributed by atoms with Crippen LogP contribution in [0.2, 0.25) is 0 Å². The minimum atomic E-state index is -0.474. The maximum Gasteiger partial charge on any atom is 0.254 e. The van der Waals surface area contributed by atoms with Crippen molar-refractivity contribution in [1.82, 2.24) is 14.6 Å². The number of aromatic amines is 1. The monoisotopic (exact) mass is 245 g/mol. The molecular weight excluding hydrogens is 237 g/mol. The molecule has 2 N–H and O–H groups in total. The van der Waals surface area contributed by atoms with Crippen LogP contribution in [0.4, 0.5) is 4.39 Å². The number of halogens is 1. The second-order valence-corrected chi connectivity index (χ2v) is 3.79. The predicted octanol–water partition coefficient (Wildman–Crippen LogP) is 1.53. The lowest BCUT2D eigenvalue weighted by Crippen LogP contribution is -2.07. The molecular formula is C12H8FN3O2. The molecule has 2 aromatic heterocycles. The number of benzene rings is 1. The van der Waals surface area contributed by atoms with Gasteiger partial charge in [0.1, 0.15) is 11.5 Å². The molecule has 0 aliphatic carbocycles. The lowest BCUT2D eigenvalue weighted by Gasteiger charge is -2.01. The van der Waals surface area contributed by atoms with Crippen molar-refractivity contribution in [2.75, 3.05) is 0 Å². The Morgan fingerprint density at radius 2 is 2.06 bits per heavy atom. The second kappa shape index (κ2) is 3.69. The smallest absolute Gasteiger partial charge is 0.254 e. The summed E-state index contributed by atoms with van der Waals surface area (Å²) >= 11 is 0. The van der Waals surface area contributed by atoms with Crippen LogP contribution in [0.15, 0.2) is 41.3 Å². The zero-order chi connectivity index (χ0) is 12.7. The van der Waals surface area contributed by atoms with E-state index in [0.29, 0.717) is 11.1 Å². The lowest BCUT2D eigenvalue weighted by atomic mass is 10.1. The summed E-state index contributed by atoms with van der Waals surface area (Å²) in [7, 11) is 0. The minimum Gasteiger partial charge on any atom is -0.493 e. The topological polar surface area (TPSA) is 70.4 Å². The summed E-state index contributed by atoms with van der Waals surface area (Å²) < 4.78 is 14.8. The van der Waals surface area contributed by atoms with Gasteiger partial charge in [0.15, 0.2) is 0 Å². The van der Waals surface area contributed by atoms with E-state index in [4.69, 9.17) is 0 Å². The second-order valence-electron chi connectivity index (χ2n) is 3.79. The molecule has 0 radical (unpaired) electrons. The van der Waals surface area contributed by atoms with Crippen molar-refractivity contribution in [3.8, 4) is 17.0 Å². The van der Waals surface area contributed by atoms with Gasteiger partial charge in [-0.2, -0.15) is 9.61 Å². The zero-order valence-corrected chi connectivity index (χ0v) is 9.09. The van der Waals surface area contributed by atoms with E-state index in [1.54, 1.807) is 18.2 Å². The van der Waals surface area contributed by atoms with Crippen molar-refractivity contribution in [3.63, 3.8) is 0 Å². The highest BCUT2D eigenvalue weighted by Crippen LogP contribution is 2.26. The maximum atomic E-state index is 13.7. The fraction of sp³-hybridized carbons (Fsp3) is 0. The largest absolute Gasteiger partial charge is 0.493 e. The highest BCUT2D eigenvalue weighted by Gasteiger charge is 2.13. The van der Waals surface area contributed by atoms with Crippen molar-refractivity contribution in [1.29, 1.82) is 0 Å². The van der Waals surface area contributed by atoms with Crippen LogP contribution in [0.3, 0.4) is 0 Å². The maximum absolute atomic E-state index is 13.7. The highest BCUT2D eigenvalue weighted by atomic mass is 19.1. The first-order chi connectivity index (χ1) is 8.66. The molecule has 90 valence electrons. The molecule has 0 saturated heterocycles. The first-order valence-electron chi connectivity index (χ1n) is 5.22. The molecule has 0 unspecified atom stereocenters. The van der Waals surface area contributed by atoms with Crippen LogP contribution in [-0.2, 0) is 0 Å². The number of rotatable bonds is 1. The summed E-state index contributed by atoms with van der Waals surface area (Å²) in [5.74, 6) is -0.715. The number of nitrogens with one attached hydrogen (secondary N) is 1. The molecule has 6 heteroatoms. The van der Waals surface area contributed by atoms with Crippen LogP contribution in [0.1, 0.15) is 0 Å². The fourth-order valence-electron chi connectivity index (χ4n) is 1.85. The first kappa shape index (κ1) is 10.5. The summed E-state index contributed by atoms with van der Waals surface area (Å²) in [6.07, 6.45) is 1.39. The first-order valence-corrected chi connectivity index (χ1v) is 5.22. The average Bonchev–Trinajstić information content (AvgIpc) is 2.73. The van der Waals surface area contributed by atoms with Crippen molar-refractivity contribution in [2.24, 2.45) is 0 Å². The molecule has 18 heavy (non-hydrogen) atoms. The van der Waals surface area contributed by atoms with Crippen LogP contribution in [0.25, 0.3) is 16.8 Å². The van der Waals surface area contributed by atoms with Gasteiger partial charge in [-0.1, -0.05) is 18.2 Å². The molecule has 0 aliphatic heterocycles. The van der Waals surface area contributed by atoms with Gasteiger partial charge < -0.3 is 10.1 Å². The molecule has 0 aliphatic rings. The molecule has 0 saturated carbocycles. The molecule has 0 bridgehead atoms. The van der Waals surface area contributed by atoms with Crippen LogP contribution in [0.5, 0.6) is 5.88 Å². The summed E-state index contributed by atoms with van der Waals surface area (Å²) in [5, 5.41) is 13.5. The van der Waals surface area contributed by atoms with E-state index < -0.39 is 11.4 Å². The Morgan fingerprint density at radius 3 is 2.83 bits per heavy atom. The van der Waals surface area contributed by atoms with E-state index in [2.05, 4.69) is 10.1 Å². The third-order valence-electron chi connectivity index (χ3n) is 2.65. The fourth-order valence-corrected chi connectivity index (χ4v) is 1.85. The van der Waals surface area contributed by atoms with E-state index in [1.165, 1.54) is 12.3 Å². The molecule has 0 atom stereocenters. The molecule has 0 amide bonds. The minimum absolute atomic E-state index is 0.255. The van der Waals surface area contributed by atoms with Gasteiger partial charge in [0.2, 0.25) is 5.88 Å². The van der Waals surface area contributed by atoms with Crippen molar-refractivity contribution in [2.45, 2.75) is 0 Å². The summed E-state index contributed by atoms with van der Waals surface area (Å²) in [6.45, 7) is 0. The number of hydrogen-bond acceptors (Lipinski definition) is 3. The van der Waals surface area contributed by atoms with Gasteiger partial charge in [0, 0.05) is 11.1 Å². The average molecular weight is 245 g/mol. The van der Waals surface area contributed by atoms with E-state index in [1.807, 2.05) is 0 Å². The van der Waals surface area contributed by atoms with Gasteiger partial charge >= 0.3 is 0 Å². The van der Waals surface area contributed by atoms with Crippen molar-refractivity contribution >= 4 is 5.65 Å². The Labute approximate surface area is 100 Å². The number of fused-ring (bicyclic) bond motifs is 1. The number of H-pyrrole nitrogens is 1. The number of hydrogen-bond donors (Lipinski definition) is 2. The van der Waals surface area contributed by atoms with Gasteiger partial charge in [-0.05, 0) is 6.07 Å². The quantitative estimate of drug-likeness (QED) is 0.683. The normalized spacial score (nSPS) is 10.9. The Balaban J connectivity index is 2.38. The van der Waals surface area contributed by atoms with Crippen LogP contribution >= 0.6 is 0 Å². The lowest BCUT2D eigenvalue weighted by molar-refractivity contribution is 0.434. The van der Waals surface area contributed by atoms with E-state index in [-0.39, 0.29) is 11.5 Å². The van der Waals surface area contributed by atoms with E-state index in [9.17, 15) is 14.3 Å². The molecule has 0 spiro atoms. The molecule has 3 rings (SSSR count). The molecule has 1 aromatic carbocycles. The molecule has 0 fully saturated rings. The zero-order valence-electron chi connectivity index (χ0n) is 9.09.